The molecule has 0 fully saturated rings. The number of rotatable bonds is 5. The number of hydrogen-bond donors (Lipinski definition) is 1. The van der Waals surface area contributed by atoms with Gasteiger partial charge in [0.15, 0.2) is 0 Å². The van der Waals surface area contributed by atoms with Crippen LogP contribution in [0.1, 0.15) is 33.1 Å². The van der Waals surface area contributed by atoms with Crippen LogP contribution in [0.3, 0.4) is 0 Å². The standard InChI is InChI=1S/C8H16O3.Li/c1-3-7(9)6(2)4-5-8(10)11;/h6-7,9H,3-5H2,1-2H3,(H,10,11);/q;+1/p-1. The van der Waals surface area contributed by atoms with Crippen molar-refractivity contribution in [1.82, 2.24) is 0 Å². The quantitative estimate of drug-likeness (QED) is 0.441. The third kappa shape index (κ3) is 6.72. The number of aliphatic carboxylic acids is 1. The molecule has 0 aliphatic heterocycles. The molecule has 2 unspecified atom stereocenters. The first-order valence-electron chi connectivity index (χ1n) is 3.95. The summed E-state index contributed by atoms with van der Waals surface area (Å²) in [7, 11) is 0. The van der Waals surface area contributed by atoms with Gasteiger partial charge in [-0.15, -0.1) is 0 Å². The van der Waals surface area contributed by atoms with Gasteiger partial charge in [-0.05, 0) is 25.2 Å². The average Bonchev–Trinajstić information content (AvgIpc) is 1.98. The van der Waals surface area contributed by atoms with E-state index in [1.54, 1.807) is 0 Å². The number of carbonyl (C=O) groups is 1. The zero-order valence-electron chi connectivity index (χ0n) is 8.04. The van der Waals surface area contributed by atoms with E-state index < -0.39 is 5.97 Å². The summed E-state index contributed by atoms with van der Waals surface area (Å²) >= 11 is 0. The topological polar surface area (TPSA) is 60.4 Å². The molecule has 0 aliphatic carbocycles. The van der Waals surface area contributed by atoms with Crippen LogP contribution >= 0.6 is 0 Å². The van der Waals surface area contributed by atoms with E-state index in [2.05, 4.69) is 0 Å². The van der Waals surface area contributed by atoms with Crippen molar-refractivity contribution in [2.75, 3.05) is 0 Å². The van der Waals surface area contributed by atoms with E-state index in [9.17, 15) is 15.0 Å². The van der Waals surface area contributed by atoms with Gasteiger partial charge in [-0.1, -0.05) is 13.8 Å². The largest absolute Gasteiger partial charge is 1.00 e. The van der Waals surface area contributed by atoms with Crippen LogP contribution in [-0.4, -0.2) is 17.2 Å². The van der Waals surface area contributed by atoms with Crippen molar-refractivity contribution in [1.29, 1.82) is 0 Å². The van der Waals surface area contributed by atoms with Gasteiger partial charge in [-0.25, -0.2) is 0 Å². The Kier molecular flexibility index (Phi) is 9.29. The van der Waals surface area contributed by atoms with E-state index in [1.165, 1.54) is 0 Å². The zero-order valence-corrected chi connectivity index (χ0v) is 8.04. The van der Waals surface area contributed by atoms with Crippen molar-refractivity contribution < 1.29 is 33.9 Å². The SMILES string of the molecule is CCC(O)C(C)CCC(=O)[O-].[Li+]. The predicted octanol–water partition coefficient (Wildman–Crippen LogP) is -3.07. The second-order valence-electron chi connectivity index (χ2n) is 2.86. The smallest absolute Gasteiger partial charge is 0.550 e. The van der Waals surface area contributed by atoms with E-state index in [1.807, 2.05) is 13.8 Å². The number of hydrogen-bond acceptors (Lipinski definition) is 3. The number of carboxylic acids is 1. The van der Waals surface area contributed by atoms with Crippen molar-refractivity contribution in [2.45, 2.75) is 39.2 Å². The second kappa shape index (κ2) is 7.66. The normalized spacial score (nSPS) is 14.6. The molecule has 0 radical (unpaired) electrons. The maximum Gasteiger partial charge on any atom is 1.00 e. The van der Waals surface area contributed by atoms with Crippen molar-refractivity contribution in [3.05, 3.63) is 0 Å². The molecule has 0 aromatic carbocycles. The minimum atomic E-state index is -1.04. The molecule has 0 aliphatic rings. The van der Waals surface area contributed by atoms with Crippen LogP contribution in [0.15, 0.2) is 0 Å². The molecule has 1 N–H and O–H groups in total. The van der Waals surface area contributed by atoms with Gasteiger partial charge in [-0.3, -0.25) is 0 Å². The van der Waals surface area contributed by atoms with Gasteiger partial charge in [0.2, 0.25) is 0 Å². The van der Waals surface area contributed by atoms with Gasteiger partial charge in [0, 0.05) is 5.97 Å². The second-order valence-corrected chi connectivity index (χ2v) is 2.86. The Labute approximate surface area is 85.3 Å². The van der Waals surface area contributed by atoms with Crippen molar-refractivity contribution in [3.63, 3.8) is 0 Å². The van der Waals surface area contributed by atoms with E-state index in [-0.39, 0.29) is 37.3 Å². The van der Waals surface area contributed by atoms with Crippen LogP contribution in [0.2, 0.25) is 0 Å². The summed E-state index contributed by atoms with van der Waals surface area (Å²) < 4.78 is 0. The third-order valence-corrected chi connectivity index (χ3v) is 1.88. The molecular weight excluding hydrogens is 151 g/mol. The molecule has 0 saturated carbocycles. The molecule has 0 heterocycles. The summed E-state index contributed by atoms with van der Waals surface area (Å²) in [5, 5.41) is 19.2. The minimum absolute atomic E-state index is 0. The average molecular weight is 166 g/mol. The maximum atomic E-state index is 10.0. The molecule has 0 saturated heterocycles. The first-order chi connectivity index (χ1) is 5.07. The Balaban J connectivity index is 0. The van der Waals surface area contributed by atoms with Gasteiger partial charge in [0.25, 0.3) is 0 Å². The summed E-state index contributed by atoms with van der Waals surface area (Å²) in [6, 6.07) is 0. The number of aliphatic hydroxyl groups excluding tert-OH is 1. The van der Waals surface area contributed by atoms with Crippen LogP contribution in [0.25, 0.3) is 0 Å². The molecule has 0 rings (SSSR count). The predicted molar refractivity (Wildman–Crippen MR) is 39.7 cm³/mol. The molecule has 66 valence electrons. The zero-order chi connectivity index (χ0) is 8.85. The molecule has 12 heavy (non-hydrogen) atoms. The van der Waals surface area contributed by atoms with Gasteiger partial charge in [0.05, 0.1) is 6.10 Å². The molecule has 0 aromatic heterocycles. The van der Waals surface area contributed by atoms with Gasteiger partial charge >= 0.3 is 18.9 Å². The molecule has 0 bridgehead atoms. The van der Waals surface area contributed by atoms with Gasteiger partial charge < -0.3 is 15.0 Å². The summed E-state index contributed by atoms with van der Waals surface area (Å²) in [5.41, 5.74) is 0. The van der Waals surface area contributed by atoms with E-state index in [0.29, 0.717) is 12.8 Å². The third-order valence-electron chi connectivity index (χ3n) is 1.88. The first-order valence-corrected chi connectivity index (χ1v) is 3.95. The Morgan fingerprint density at radius 3 is 2.42 bits per heavy atom. The Morgan fingerprint density at radius 2 is 2.08 bits per heavy atom. The summed E-state index contributed by atoms with van der Waals surface area (Å²) in [6.07, 6.45) is 0.832. The fourth-order valence-corrected chi connectivity index (χ4v) is 0.940. The fourth-order valence-electron chi connectivity index (χ4n) is 0.940. The fraction of sp³-hybridized carbons (Fsp3) is 0.875. The number of aliphatic hydroxyl groups is 1. The van der Waals surface area contributed by atoms with Crippen LogP contribution in [0, 0.1) is 5.92 Å². The van der Waals surface area contributed by atoms with Crippen LogP contribution < -0.4 is 24.0 Å². The van der Waals surface area contributed by atoms with Crippen molar-refractivity contribution >= 4 is 5.97 Å². The monoisotopic (exact) mass is 166 g/mol. The van der Waals surface area contributed by atoms with E-state index in [4.69, 9.17) is 0 Å². The van der Waals surface area contributed by atoms with Gasteiger partial charge in [-0.2, -0.15) is 0 Å². The molecule has 4 heteroatoms. The maximum absolute atomic E-state index is 10.0. The van der Waals surface area contributed by atoms with Crippen LogP contribution in [-0.2, 0) is 4.79 Å². The Bertz CT molecular complexity index is 127. The Morgan fingerprint density at radius 1 is 1.58 bits per heavy atom. The Hall–Kier alpha value is 0.0274. The van der Waals surface area contributed by atoms with E-state index in [0.717, 1.165) is 0 Å². The molecule has 0 spiro atoms. The molecule has 3 nitrogen and oxygen atoms in total. The summed E-state index contributed by atoms with van der Waals surface area (Å²) in [4.78, 5) is 10.0. The van der Waals surface area contributed by atoms with Gasteiger partial charge in [0.1, 0.15) is 0 Å². The van der Waals surface area contributed by atoms with Crippen molar-refractivity contribution in [3.8, 4) is 0 Å². The van der Waals surface area contributed by atoms with Crippen molar-refractivity contribution in [2.24, 2.45) is 5.92 Å². The number of carboxylic acid groups (broad SMARTS) is 1. The molecular formula is C8H15LiO3. The minimum Gasteiger partial charge on any atom is -0.550 e. The summed E-state index contributed by atoms with van der Waals surface area (Å²) in [6.45, 7) is 3.72. The summed E-state index contributed by atoms with van der Waals surface area (Å²) in [5.74, 6) is -0.988. The van der Waals surface area contributed by atoms with Crippen LogP contribution in [0.4, 0.5) is 0 Å². The first kappa shape index (κ1) is 14.5. The van der Waals surface area contributed by atoms with Crippen LogP contribution in [0.5, 0.6) is 0 Å². The molecule has 2 atom stereocenters. The number of carbonyl (C=O) groups excluding carboxylic acids is 1. The molecule has 0 aromatic rings. The molecule has 0 amide bonds. The van der Waals surface area contributed by atoms with E-state index >= 15 is 0 Å².